The fraction of sp³-hybridized carbons (Fsp3) is 0. The molecule has 0 saturated carbocycles. The Morgan fingerprint density at radius 3 is 1.24 bits per heavy atom. The monoisotopic (exact) mass is 577 g/mol. The Balaban J connectivity index is 1.38. The molecule has 0 atom stereocenters. The molecule has 0 fully saturated rings. The fourth-order valence-electron chi connectivity index (χ4n) is 7.08. The second-order valence-electron chi connectivity index (χ2n) is 11.3. The summed E-state index contributed by atoms with van der Waals surface area (Å²) in [5.74, 6) is 0. The van der Waals surface area contributed by atoms with Gasteiger partial charge < -0.3 is 13.7 Å². The van der Waals surface area contributed by atoms with Crippen molar-refractivity contribution in [1.82, 2.24) is 33.6 Å². The first-order chi connectivity index (χ1) is 22.3. The average Bonchev–Trinajstić information content (AvgIpc) is 3.74. The van der Waals surface area contributed by atoms with E-state index < -0.39 is 0 Å². The molecule has 0 bridgehead atoms. The van der Waals surface area contributed by atoms with Crippen LogP contribution in [0.25, 0.3) is 82.7 Å². The quantitative estimate of drug-likeness (QED) is 0.211. The van der Waals surface area contributed by atoms with E-state index in [4.69, 9.17) is 9.97 Å². The number of para-hydroxylation sites is 2. The zero-order chi connectivity index (χ0) is 29.5. The minimum atomic E-state index is 0.982. The molecule has 0 saturated heterocycles. The topological polar surface area (TPSA) is 66.3 Å². The van der Waals surface area contributed by atoms with Crippen LogP contribution in [-0.4, -0.2) is 33.6 Å². The van der Waals surface area contributed by atoms with Crippen molar-refractivity contribution in [2.45, 2.75) is 0 Å². The molecule has 45 heavy (non-hydrogen) atoms. The highest BCUT2D eigenvalue weighted by Gasteiger charge is 2.20. The Hall–Kier alpha value is -6.34. The molecule has 7 aromatic heterocycles. The zero-order valence-electron chi connectivity index (χ0n) is 23.9. The summed E-state index contributed by atoms with van der Waals surface area (Å²) < 4.78 is 6.97. The molecule has 210 valence electrons. The Bertz CT molecular complexity index is 2310. The molecule has 0 aliphatic heterocycles. The maximum absolute atomic E-state index is 4.81. The smallest absolute Gasteiger partial charge is 0.0963 e. The zero-order valence-corrected chi connectivity index (χ0v) is 23.9. The molecular formula is C38H23N7. The van der Waals surface area contributed by atoms with Crippen molar-refractivity contribution in [1.29, 1.82) is 0 Å². The van der Waals surface area contributed by atoms with E-state index in [1.165, 1.54) is 0 Å². The minimum absolute atomic E-state index is 0.982. The van der Waals surface area contributed by atoms with Crippen LogP contribution in [0.5, 0.6) is 0 Å². The normalized spacial score (nSPS) is 12.0. The van der Waals surface area contributed by atoms with E-state index in [1.807, 2.05) is 49.3 Å². The molecule has 0 aliphatic carbocycles. The molecular weight excluding hydrogens is 554 g/mol. The van der Waals surface area contributed by atoms with Gasteiger partial charge in [-0.1, -0.05) is 36.4 Å². The third-order valence-electron chi connectivity index (χ3n) is 8.88. The van der Waals surface area contributed by atoms with Gasteiger partial charge in [-0.2, -0.15) is 0 Å². The van der Waals surface area contributed by atoms with E-state index in [0.29, 0.717) is 0 Å². The van der Waals surface area contributed by atoms with Crippen molar-refractivity contribution in [2.24, 2.45) is 0 Å². The van der Waals surface area contributed by atoms with Crippen LogP contribution in [0.2, 0.25) is 0 Å². The maximum Gasteiger partial charge on any atom is 0.0963 e. The number of hydrogen-bond donors (Lipinski definition) is 0. The van der Waals surface area contributed by atoms with Gasteiger partial charge >= 0.3 is 0 Å². The largest absolute Gasteiger partial charge is 0.309 e. The molecule has 0 radical (unpaired) electrons. The Morgan fingerprint density at radius 2 is 0.756 bits per heavy atom. The molecule has 10 rings (SSSR count). The lowest BCUT2D eigenvalue weighted by molar-refractivity contribution is 1.09. The molecule has 10 aromatic rings. The van der Waals surface area contributed by atoms with Gasteiger partial charge in [-0.15, -0.1) is 0 Å². The molecule has 7 nitrogen and oxygen atoms in total. The molecule has 0 N–H and O–H groups in total. The van der Waals surface area contributed by atoms with Crippen molar-refractivity contribution in [3.63, 3.8) is 0 Å². The summed E-state index contributed by atoms with van der Waals surface area (Å²) in [4.78, 5) is 18.5. The third kappa shape index (κ3) is 3.34. The van der Waals surface area contributed by atoms with Crippen LogP contribution in [0.15, 0.2) is 140 Å². The summed E-state index contributed by atoms with van der Waals surface area (Å²) in [5, 5.41) is 4.37. The molecule has 3 aromatic carbocycles. The van der Waals surface area contributed by atoms with Crippen molar-refractivity contribution in [3.8, 4) is 17.1 Å². The Kier molecular flexibility index (Phi) is 4.87. The number of pyridine rings is 4. The third-order valence-corrected chi connectivity index (χ3v) is 8.88. The van der Waals surface area contributed by atoms with Crippen molar-refractivity contribution < 1.29 is 0 Å². The first-order valence-electron chi connectivity index (χ1n) is 14.9. The second kappa shape index (κ2) is 9.08. The summed E-state index contributed by atoms with van der Waals surface area (Å²) in [7, 11) is 0. The lowest BCUT2D eigenvalue weighted by atomic mass is 10.2. The van der Waals surface area contributed by atoms with E-state index >= 15 is 0 Å². The molecule has 0 spiro atoms. The highest BCUT2D eigenvalue weighted by Crippen LogP contribution is 2.37. The lowest BCUT2D eigenvalue weighted by Crippen LogP contribution is -2.03. The first-order valence-corrected chi connectivity index (χ1v) is 14.9. The number of nitrogens with zero attached hydrogens (tertiary/aromatic N) is 7. The lowest BCUT2D eigenvalue weighted by Gasteiger charge is -2.17. The summed E-state index contributed by atoms with van der Waals surface area (Å²) in [6.07, 6.45) is 11.3. The molecule has 0 unspecified atom stereocenters. The number of aromatic nitrogens is 7. The number of benzene rings is 3. The van der Waals surface area contributed by atoms with Crippen LogP contribution in [0, 0.1) is 0 Å². The predicted molar refractivity (Wildman–Crippen MR) is 181 cm³/mol. The van der Waals surface area contributed by atoms with Gasteiger partial charge in [0, 0.05) is 58.7 Å². The summed E-state index contributed by atoms with van der Waals surface area (Å²) in [5.41, 5.74) is 11.5. The SMILES string of the molecule is c1ccc2c(c1)c1ncccc1n2-c1cc(-n2c3ccncc3c3cnccc32)cc(-n2c3ccccc3c3ncccc32)c1. The second-order valence-corrected chi connectivity index (χ2v) is 11.3. The average molecular weight is 578 g/mol. The van der Waals surface area contributed by atoms with Crippen LogP contribution in [-0.2, 0) is 0 Å². The van der Waals surface area contributed by atoms with Gasteiger partial charge in [-0.25, -0.2) is 0 Å². The highest BCUT2D eigenvalue weighted by atomic mass is 15.1. The van der Waals surface area contributed by atoms with Gasteiger partial charge in [-0.05, 0) is 66.7 Å². The molecule has 7 heterocycles. The van der Waals surface area contributed by atoms with Gasteiger partial charge in [-0.3, -0.25) is 19.9 Å². The number of hydrogen-bond acceptors (Lipinski definition) is 4. The predicted octanol–water partition coefficient (Wildman–Crippen LogP) is 8.56. The van der Waals surface area contributed by atoms with Crippen molar-refractivity contribution in [2.75, 3.05) is 0 Å². The van der Waals surface area contributed by atoms with E-state index in [-0.39, 0.29) is 0 Å². The summed E-state index contributed by atoms with van der Waals surface area (Å²) >= 11 is 0. The van der Waals surface area contributed by atoms with Crippen LogP contribution < -0.4 is 0 Å². The van der Waals surface area contributed by atoms with E-state index in [9.17, 15) is 0 Å². The summed E-state index contributed by atoms with van der Waals surface area (Å²) in [6.45, 7) is 0. The Labute approximate surface area is 256 Å². The molecule has 0 amide bonds. The fourth-order valence-corrected chi connectivity index (χ4v) is 7.08. The standard InChI is InChI=1S/C38H23N7/c1-3-9-31-27(7-1)37-35(11-5-15-41-37)44(31)25-19-24(43-33-13-17-39-22-29(33)30-23-40-18-14-34(30)43)20-26(21-25)45-32-10-4-2-8-28(32)38-36(45)12-6-16-42-38/h1-23H. The highest BCUT2D eigenvalue weighted by molar-refractivity contribution is 6.10. The van der Waals surface area contributed by atoms with Crippen molar-refractivity contribution in [3.05, 3.63) is 140 Å². The van der Waals surface area contributed by atoms with Gasteiger partial charge in [0.1, 0.15) is 0 Å². The van der Waals surface area contributed by atoms with Crippen LogP contribution >= 0.6 is 0 Å². The molecule has 7 heteroatoms. The van der Waals surface area contributed by atoms with Gasteiger partial charge in [0.2, 0.25) is 0 Å². The summed E-state index contributed by atoms with van der Waals surface area (Å²) in [6, 6.07) is 36.3. The molecule has 0 aliphatic rings. The van der Waals surface area contributed by atoms with E-state index in [0.717, 1.165) is 82.7 Å². The van der Waals surface area contributed by atoms with Gasteiger partial charge in [0.05, 0.1) is 61.2 Å². The Morgan fingerprint density at radius 1 is 0.356 bits per heavy atom. The van der Waals surface area contributed by atoms with E-state index in [2.05, 4.69) is 115 Å². The van der Waals surface area contributed by atoms with Crippen LogP contribution in [0.4, 0.5) is 0 Å². The van der Waals surface area contributed by atoms with Gasteiger partial charge in [0.15, 0.2) is 0 Å². The van der Waals surface area contributed by atoms with Gasteiger partial charge in [0.25, 0.3) is 0 Å². The van der Waals surface area contributed by atoms with E-state index in [1.54, 1.807) is 0 Å². The number of fused-ring (bicyclic) bond motifs is 9. The first kappa shape index (κ1) is 24.1. The van der Waals surface area contributed by atoms with Crippen LogP contribution in [0.3, 0.4) is 0 Å². The number of rotatable bonds is 3. The minimum Gasteiger partial charge on any atom is -0.309 e. The van der Waals surface area contributed by atoms with Crippen molar-refractivity contribution >= 4 is 65.7 Å². The maximum atomic E-state index is 4.81. The van der Waals surface area contributed by atoms with Crippen LogP contribution in [0.1, 0.15) is 0 Å².